The molecular formula is C14H21NO. The predicted molar refractivity (Wildman–Crippen MR) is 67.0 cm³/mol. The van der Waals surface area contributed by atoms with Crippen molar-refractivity contribution < 1.29 is 4.74 Å². The van der Waals surface area contributed by atoms with Gasteiger partial charge >= 0.3 is 0 Å². The topological polar surface area (TPSA) is 21.3 Å². The Kier molecular flexibility index (Phi) is 3.83. The molecule has 0 radical (unpaired) electrons. The first-order valence-corrected chi connectivity index (χ1v) is 6.14. The lowest BCUT2D eigenvalue weighted by Gasteiger charge is -2.23. The summed E-state index contributed by atoms with van der Waals surface area (Å²) in [5, 5.41) is 3.47. The van der Waals surface area contributed by atoms with Gasteiger partial charge in [0.25, 0.3) is 0 Å². The summed E-state index contributed by atoms with van der Waals surface area (Å²) < 4.78 is 5.28. The number of rotatable bonds is 3. The van der Waals surface area contributed by atoms with Gasteiger partial charge in [-0.15, -0.1) is 0 Å². The van der Waals surface area contributed by atoms with Crippen LogP contribution in [0.5, 0.6) is 5.75 Å². The Morgan fingerprint density at radius 2 is 2.31 bits per heavy atom. The second-order valence-electron chi connectivity index (χ2n) is 4.72. The molecule has 0 bridgehead atoms. The van der Waals surface area contributed by atoms with E-state index < -0.39 is 0 Å². The monoisotopic (exact) mass is 219 g/mol. The van der Waals surface area contributed by atoms with Gasteiger partial charge in [0.15, 0.2) is 0 Å². The summed E-state index contributed by atoms with van der Waals surface area (Å²) in [6.07, 6.45) is 3.87. The van der Waals surface area contributed by atoms with Crippen LogP contribution in [0.4, 0.5) is 0 Å². The number of methoxy groups -OCH3 is 1. The van der Waals surface area contributed by atoms with Gasteiger partial charge in [-0.1, -0.05) is 12.1 Å². The lowest BCUT2D eigenvalue weighted by Crippen LogP contribution is -2.30. The van der Waals surface area contributed by atoms with Crippen molar-refractivity contribution in [2.75, 3.05) is 20.2 Å². The number of hydrogen-bond acceptors (Lipinski definition) is 2. The highest BCUT2D eigenvalue weighted by Crippen LogP contribution is 2.22. The molecule has 1 heterocycles. The molecule has 1 atom stereocenters. The van der Waals surface area contributed by atoms with Gasteiger partial charge in [-0.3, -0.25) is 0 Å². The minimum atomic E-state index is 0.807. The maximum Gasteiger partial charge on any atom is 0.121 e. The van der Waals surface area contributed by atoms with E-state index in [4.69, 9.17) is 4.74 Å². The third kappa shape index (κ3) is 2.76. The van der Waals surface area contributed by atoms with Crippen LogP contribution >= 0.6 is 0 Å². The van der Waals surface area contributed by atoms with Crippen molar-refractivity contribution >= 4 is 0 Å². The van der Waals surface area contributed by atoms with Crippen LogP contribution in [0.2, 0.25) is 0 Å². The fourth-order valence-electron chi connectivity index (χ4n) is 2.50. The van der Waals surface area contributed by atoms with Crippen molar-refractivity contribution in [1.29, 1.82) is 0 Å². The standard InChI is InChI=1S/C14H21NO/c1-11-8-12(5-6-14(11)16-2)9-13-4-3-7-15-10-13/h5-6,8,13,15H,3-4,7,9-10H2,1-2H3/t13-/m1/s1. The molecule has 0 amide bonds. The van der Waals surface area contributed by atoms with E-state index in [1.54, 1.807) is 7.11 Å². The Labute approximate surface area is 98.0 Å². The highest BCUT2D eigenvalue weighted by molar-refractivity contribution is 5.36. The molecule has 0 saturated carbocycles. The summed E-state index contributed by atoms with van der Waals surface area (Å²) >= 11 is 0. The molecule has 0 spiro atoms. The van der Waals surface area contributed by atoms with E-state index in [1.807, 2.05) is 0 Å². The van der Waals surface area contributed by atoms with Crippen molar-refractivity contribution in [2.45, 2.75) is 26.2 Å². The normalized spacial score (nSPS) is 20.8. The molecular weight excluding hydrogens is 198 g/mol. The second kappa shape index (κ2) is 5.35. The number of piperidine rings is 1. The average molecular weight is 219 g/mol. The molecule has 2 heteroatoms. The number of hydrogen-bond donors (Lipinski definition) is 1. The third-order valence-corrected chi connectivity index (χ3v) is 3.38. The van der Waals surface area contributed by atoms with E-state index in [9.17, 15) is 0 Å². The van der Waals surface area contributed by atoms with Crippen LogP contribution in [0.1, 0.15) is 24.0 Å². The highest BCUT2D eigenvalue weighted by atomic mass is 16.5. The van der Waals surface area contributed by atoms with E-state index in [-0.39, 0.29) is 0 Å². The van der Waals surface area contributed by atoms with E-state index in [2.05, 4.69) is 30.4 Å². The zero-order chi connectivity index (χ0) is 11.4. The van der Waals surface area contributed by atoms with E-state index >= 15 is 0 Å². The highest BCUT2D eigenvalue weighted by Gasteiger charge is 2.13. The summed E-state index contributed by atoms with van der Waals surface area (Å²) in [6, 6.07) is 6.54. The van der Waals surface area contributed by atoms with Crippen molar-refractivity contribution in [3.8, 4) is 5.75 Å². The van der Waals surface area contributed by atoms with Crippen LogP contribution in [0.3, 0.4) is 0 Å². The van der Waals surface area contributed by atoms with Gasteiger partial charge in [-0.05, 0) is 62.4 Å². The smallest absolute Gasteiger partial charge is 0.121 e. The lowest BCUT2D eigenvalue weighted by molar-refractivity contribution is 0.375. The molecule has 1 aromatic rings. The molecule has 1 aromatic carbocycles. The van der Waals surface area contributed by atoms with Crippen LogP contribution in [0, 0.1) is 12.8 Å². The number of benzene rings is 1. The molecule has 16 heavy (non-hydrogen) atoms. The third-order valence-electron chi connectivity index (χ3n) is 3.38. The number of aryl methyl sites for hydroxylation is 1. The quantitative estimate of drug-likeness (QED) is 0.843. The van der Waals surface area contributed by atoms with Gasteiger partial charge in [-0.25, -0.2) is 0 Å². The number of nitrogens with one attached hydrogen (secondary N) is 1. The van der Waals surface area contributed by atoms with Crippen LogP contribution in [0.15, 0.2) is 18.2 Å². The van der Waals surface area contributed by atoms with Crippen molar-refractivity contribution in [1.82, 2.24) is 5.32 Å². The van der Waals surface area contributed by atoms with Gasteiger partial charge < -0.3 is 10.1 Å². The van der Waals surface area contributed by atoms with Gasteiger partial charge in [0, 0.05) is 0 Å². The second-order valence-corrected chi connectivity index (χ2v) is 4.72. The van der Waals surface area contributed by atoms with Crippen molar-refractivity contribution in [2.24, 2.45) is 5.92 Å². The van der Waals surface area contributed by atoms with Crippen LogP contribution in [-0.2, 0) is 6.42 Å². The Morgan fingerprint density at radius 3 is 2.94 bits per heavy atom. The Balaban J connectivity index is 2.01. The molecule has 1 N–H and O–H groups in total. The minimum absolute atomic E-state index is 0.807. The predicted octanol–water partition coefficient (Wildman–Crippen LogP) is 2.55. The Bertz CT molecular complexity index is 343. The summed E-state index contributed by atoms with van der Waals surface area (Å²) in [7, 11) is 1.73. The zero-order valence-electron chi connectivity index (χ0n) is 10.3. The first-order valence-electron chi connectivity index (χ1n) is 6.14. The van der Waals surface area contributed by atoms with E-state index in [1.165, 1.54) is 43.5 Å². The first kappa shape index (κ1) is 11.5. The van der Waals surface area contributed by atoms with Crippen LogP contribution < -0.4 is 10.1 Å². The summed E-state index contributed by atoms with van der Waals surface area (Å²) in [5.74, 6) is 1.80. The molecule has 1 aliphatic rings. The fraction of sp³-hybridized carbons (Fsp3) is 0.571. The van der Waals surface area contributed by atoms with E-state index in [0.29, 0.717) is 0 Å². The zero-order valence-corrected chi connectivity index (χ0v) is 10.3. The van der Waals surface area contributed by atoms with Crippen LogP contribution in [0.25, 0.3) is 0 Å². The largest absolute Gasteiger partial charge is 0.496 e. The lowest BCUT2D eigenvalue weighted by atomic mass is 9.92. The summed E-state index contributed by atoms with van der Waals surface area (Å²) in [4.78, 5) is 0. The fourth-order valence-corrected chi connectivity index (χ4v) is 2.50. The molecule has 1 aliphatic heterocycles. The summed E-state index contributed by atoms with van der Waals surface area (Å²) in [6.45, 7) is 4.48. The van der Waals surface area contributed by atoms with Gasteiger partial charge in [-0.2, -0.15) is 0 Å². The van der Waals surface area contributed by atoms with Crippen molar-refractivity contribution in [3.63, 3.8) is 0 Å². The van der Waals surface area contributed by atoms with Gasteiger partial charge in [0.1, 0.15) is 5.75 Å². The average Bonchev–Trinajstić information content (AvgIpc) is 2.31. The SMILES string of the molecule is COc1ccc(C[C@H]2CCCNC2)cc1C. The molecule has 1 fully saturated rings. The van der Waals surface area contributed by atoms with Crippen molar-refractivity contribution in [3.05, 3.63) is 29.3 Å². The van der Waals surface area contributed by atoms with Gasteiger partial charge in [0.05, 0.1) is 7.11 Å². The number of ether oxygens (including phenoxy) is 1. The van der Waals surface area contributed by atoms with Crippen LogP contribution in [-0.4, -0.2) is 20.2 Å². The Hall–Kier alpha value is -1.02. The molecule has 1 saturated heterocycles. The molecule has 0 aliphatic carbocycles. The summed E-state index contributed by atoms with van der Waals surface area (Å²) in [5.41, 5.74) is 2.68. The molecule has 0 unspecified atom stereocenters. The molecule has 88 valence electrons. The van der Waals surface area contributed by atoms with Gasteiger partial charge in [0.2, 0.25) is 0 Å². The molecule has 2 rings (SSSR count). The first-order chi connectivity index (χ1) is 7.79. The molecule has 0 aromatic heterocycles. The minimum Gasteiger partial charge on any atom is -0.496 e. The molecule has 2 nitrogen and oxygen atoms in total. The maximum atomic E-state index is 5.28. The Morgan fingerprint density at radius 1 is 1.44 bits per heavy atom. The maximum absolute atomic E-state index is 5.28. The van der Waals surface area contributed by atoms with E-state index in [0.717, 1.165) is 11.7 Å².